The van der Waals surface area contributed by atoms with Crippen molar-refractivity contribution in [3.05, 3.63) is 52.3 Å². The average molecular weight is 386 g/mol. The van der Waals surface area contributed by atoms with Crippen molar-refractivity contribution < 1.29 is 14.3 Å². The van der Waals surface area contributed by atoms with Gasteiger partial charge in [-0.05, 0) is 35.6 Å². The van der Waals surface area contributed by atoms with E-state index in [2.05, 4.69) is 10.3 Å². The first-order valence-corrected chi connectivity index (χ1v) is 10.2. The highest BCUT2D eigenvalue weighted by molar-refractivity contribution is 7.20. The van der Waals surface area contributed by atoms with Gasteiger partial charge in [0.05, 0.1) is 17.0 Å². The van der Waals surface area contributed by atoms with E-state index in [1.165, 1.54) is 0 Å². The number of amides is 1. The van der Waals surface area contributed by atoms with Gasteiger partial charge in [0.15, 0.2) is 11.5 Å². The number of ether oxygens (including phenoxy) is 2. The summed E-state index contributed by atoms with van der Waals surface area (Å²) in [4.78, 5) is 17.8. The van der Waals surface area contributed by atoms with Crippen LogP contribution >= 0.6 is 22.7 Å². The maximum absolute atomic E-state index is 12.1. The Morgan fingerprint density at radius 1 is 1.15 bits per heavy atom. The Morgan fingerprint density at radius 3 is 2.88 bits per heavy atom. The number of nitrogens with zero attached hydrogens (tertiary/aromatic N) is 1. The standard InChI is InChI=1S/C19H18N2O3S2/c22-18(11-14-12-26-19(21-14)17-2-1-9-25-17)20-6-5-13-3-4-15-16(10-13)24-8-7-23-15/h1-4,9-10,12H,5-8,11H2,(H,20,22). The molecule has 0 radical (unpaired) electrons. The molecule has 2 aromatic heterocycles. The number of aromatic nitrogens is 1. The molecule has 0 bridgehead atoms. The lowest BCUT2D eigenvalue weighted by atomic mass is 10.1. The number of carbonyl (C=O) groups excluding carboxylic acids is 1. The van der Waals surface area contributed by atoms with Crippen molar-refractivity contribution in [2.24, 2.45) is 0 Å². The summed E-state index contributed by atoms with van der Waals surface area (Å²) < 4.78 is 11.1. The van der Waals surface area contributed by atoms with Gasteiger partial charge in [0.2, 0.25) is 5.91 Å². The molecule has 0 spiro atoms. The van der Waals surface area contributed by atoms with Gasteiger partial charge >= 0.3 is 0 Å². The van der Waals surface area contributed by atoms with Gasteiger partial charge in [0, 0.05) is 11.9 Å². The van der Waals surface area contributed by atoms with E-state index in [9.17, 15) is 4.79 Å². The molecular formula is C19H18N2O3S2. The summed E-state index contributed by atoms with van der Waals surface area (Å²) in [5.41, 5.74) is 1.93. The minimum absolute atomic E-state index is 0.00873. The van der Waals surface area contributed by atoms with E-state index in [1.807, 2.05) is 41.1 Å². The lowest BCUT2D eigenvalue weighted by Crippen LogP contribution is -2.27. The number of thiazole rings is 1. The quantitative estimate of drug-likeness (QED) is 0.704. The zero-order valence-electron chi connectivity index (χ0n) is 14.1. The SMILES string of the molecule is O=C(Cc1csc(-c2cccs2)n1)NCCc1ccc2c(c1)OCCO2. The maximum atomic E-state index is 12.1. The lowest BCUT2D eigenvalue weighted by molar-refractivity contribution is -0.120. The summed E-state index contributed by atoms with van der Waals surface area (Å²) in [5.74, 6) is 1.56. The molecule has 7 heteroatoms. The van der Waals surface area contributed by atoms with E-state index >= 15 is 0 Å². The number of hydrogen-bond acceptors (Lipinski definition) is 6. The van der Waals surface area contributed by atoms with Crippen molar-refractivity contribution in [3.8, 4) is 21.4 Å². The van der Waals surface area contributed by atoms with Gasteiger partial charge in [-0.25, -0.2) is 4.98 Å². The van der Waals surface area contributed by atoms with E-state index in [4.69, 9.17) is 9.47 Å². The molecule has 4 rings (SSSR count). The van der Waals surface area contributed by atoms with Gasteiger partial charge in [-0.1, -0.05) is 12.1 Å². The second-order valence-electron chi connectivity index (χ2n) is 5.88. The van der Waals surface area contributed by atoms with Gasteiger partial charge in [-0.2, -0.15) is 0 Å². The summed E-state index contributed by atoms with van der Waals surface area (Å²) in [5, 5.41) is 7.91. The van der Waals surface area contributed by atoms with Gasteiger partial charge in [0.25, 0.3) is 0 Å². The second kappa shape index (κ2) is 7.88. The van der Waals surface area contributed by atoms with Gasteiger partial charge in [-0.3, -0.25) is 4.79 Å². The first kappa shape index (κ1) is 17.1. The van der Waals surface area contributed by atoms with Crippen molar-refractivity contribution in [1.82, 2.24) is 10.3 Å². The number of fused-ring (bicyclic) bond motifs is 1. The molecule has 0 saturated carbocycles. The average Bonchev–Trinajstić information content (AvgIpc) is 3.33. The van der Waals surface area contributed by atoms with Crippen LogP contribution in [-0.4, -0.2) is 30.6 Å². The number of thiophene rings is 1. The molecule has 0 aliphatic carbocycles. The smallest absolute Gasteiger partial charge is 0.226 e. The van der Waals surface area contributed by atoms with Crippen LogP contribution < -0.4 is 14.8 Å². The van der Waals surface area contributed by atoms with E-state index in [1.54, 1.807) is 22.7 Å². The Balaban J connectivity index is 1.27. The van der Waals surface area contributed by atoms with Gasteiger partial charge in [0.1, 0.15) is 18.2 Å². The largest absolute Gasteiger partial charge is 0.486 e. The number of rotatable bonds is 6. The van der Waals surface area contributed by atoms with Crippen molar-refractivity contribution in [2.75, 3.05) is 19.8 Å². The number of benzene rings is 1. The van der Waals surface area contributed by atoms with Crippen LogP contribution in [0.2, 0.25) is 0 Å². The molecule has 26 heavy (non-hydrogen) atoms. The lowest BCUT2D eigenvalue weighted by Gasteiger charge is -2.18. The Bertz CT molecular complexity index is 890. The highest BCUT2D eigenvalue weighted by atomic mass is 32.1. The summed E-state index contributed by atoms with van der Waals surface area (Å²) in [6, 6.07) is 9.96. The molecule has 1 N–H and O–H groups in total. The van der Waals surface area contributed by atoms with Crippen molar-refractivity contribution in [3.63, 3.8) is 0 Å². The molecule has 134 valence electrons. The molecule has 0 saturated heterocycles. The third-order valence-corrected chi connectivity index (χ3v) is 5.90. The van der Waals surface area contributed by atoms with Crippen LogP contribution in [0.5, 0.6) is 11.5 Å². The molecule has 1 aliphatic heterocycles. The summed E-state index contributed by atoms with van der Waals surface area (Å²) >= 11 is 3.23. The summed E-state index contributed by atoms with van der Waals surface area (Å²) in [7, 11) is 0. The third kappa shape index (κ3) is 4.05. The second-order valence-corrected chi connectivity index (χ2v) is 7.68. The Labute approximate surface area is 159 Å². The van der Waals surface area contributed by atoms with E-state index in [0.29, 0.717) is 26.2 Å². The van der Waals surface area contributed by atoms with Crippen LogP contribution in [-0.2, 0) is 17.6 Å². The van der Waals surface area contributed by atoms with Gasteiger partial charge < -0.3 is 14.8 Å². The van der Waals surface area contributed by atoms with E-state index < -0.39 is 0 Å². The molecule has 0 atom stereocenters. The normalized spacial score (nSPS) is 12.8. The van der Waals surface area contributed by atoms with Crippen LogP contribution in [0.4, 0.5) is 0 Å². The predicted molar refractivity (Wildman–Crippen MR) is 103 cm³/mol. The maximum Gasteiger partial charge on any atom is 0.226 e. The van der Waals surface area contributed by atoms with Crippen LogP contribution in [0.25, 0.3) is 9.88 Å². The van der Waals surface area contributed by atoms with Crippen molar-refractivity contribution >= 4 is 28.6 Å². The minimum Gasteiger partial charge on any atom is -0.486 e. The van der Waals surface area contributed by atoms with E-state index in [0.717, 1.165) is 39.1 Å². The number of nitrogens with one attached hydrogen (secondary N) is 1. The Kier molecular flexibility index (Phi) is 5.17. The zero-order valence-corrected chi connectivity index (χ0v) is 15.7. The molecule has 0 unspecified atom stereocenters. The molecule has 3 aromatic rings. The highest BCUT2D eigenvalue weighted by Crippen LogP contribution is 2.31. The molecule has 1 amide bonds. The van der Waals surface area contributed by atoms with E-state index in [-0.39, 0.29) is 5.91 Å². The highest BCUT2D eigenvalue weighted by Gasteiger charge is 2.12. The Morgan fingerprint density at radius 2 is 2.04 bits per heavy atom. The predicted octanol–water partition coefficient (Wildman–Crippen LogP) is 3.54. The van der Waals surface area contributed by atoms with Crippen LogP contribution in [0.1, 0.15) is 11.3 Å². The van der Waals surface area contributed by atoms with Gasteiger partial charge in [-0.15, -0.1) is 22.7 Å². The molecule has 1 aromatic carbocycles. The summed E-state index contributed by atoms with van der Waals surface area (Å²) in [6.07, 6.45) is 1.06. The molecule has 5 nitrogen and oxygen atoms in total. The van der Waals surface area contributed by atoms with Crippen molar-refractivity contribution in [1.29, 1.82) is 0 Å². The van der Waals surface area contributed by atoms with Crippen LogP contribution in [0.3, 0.4) is 0 Å². The van der Waals surface area contributed by atoms with Crippen LogP contribution in [0, 0.1) is 0 Å². The Hall–Kier alpha value is -2.38. The number of carbonyl (C=O) groups is 1. The third-order valence-electron chi connectivity index (χ3n) is 3.97. The molecule has 3 heterocycles. The van der Waals surface area contributed by atoms with Crippen LogP contribution in [0.15, 0.2) is 41.1 Å². The number of hydrogen-bond donors (Lipinski definition) is 1. The molecule has 1 aliphatic rings. The monoisotopic (exact) mass is 386 g/mol. The zero-order chi connectivity index (χ0) is 17.8. The van der Waals surface area contributed by atoms with Crippen molar-refractivity contribution in [2.45, 2.75) is 12.8 Å². The fraction of sp³-hybridized carbons (Fsp3) is 0.263. The fourth-order valence-corrected chi connectivity index (χ4v) is 4.35. The minimum atomic E-state index is -0.00873. The molecular weight excluding hydrogens is 368 g/mol. The summed E-state index contributed by atoms with van der Waals surface area (Å²) in [6.45, 7) is 1.75. The first-order chi connectivity index (χ1) is 12.8. The topological polar surface area (TPSA) is 60.5 Å². The first-order valence-electron chi connectivity index (χ1n) is 8.41. The molecule has 0 fully saturated rings. The fourth-order valence-electron chi connectivity index (χ4n) is 2.72.